The van der Waals surface area contributed by atoms with Crippen LogP contribution in [0, 0.1) is 6.92 Å². The first-order valence-corrected chi connectivity index (χ1v) is 21.1. The Kier molecular flexibility index (Phi) is 6.70. The molecule has 0 unspecified atom stereocenters. The SMILES string of the molecule is Cc1ccccc1N(c1cc2c3cc4c5c(cccc5c3oc2c2ccccc12)-c1ccccc1N4c1cccc2c1oc1ccccc12)c1cccc2c1oc1ccccc12. The molecule has 0 aliphatic carbocycles. The summed E-state index contributed by atoms with van der Waals surface area (Å²) in [5.74, 6) is 0. The van der Waals surface area contributed by atoms with Crippen LogP contribution in [0.15, 0.2) is 201 Å². The summed E-state index contributed by atoms with van der Waals surface area (Å²) in [7, 11) is 0. The lowest BCUT2D eigenvalue weighted by Crippen LogP contribution is -2.15. The van der Waals surface area contributed by atoms with Gasteiger partial charge in [-0.25, -0.2) is 0 Å². The summed E-state index contributed by atoms with van der Waals surface area (Å²) in [6, 6.07) is 66.8. The second-order valence-electron chi connectivity index (χ2n) is 16.4. The van der Waals surface area contributed by atoms with Crippen molar-refractivity contribution >= 4 is 121 Å². The molecular weight excluding hydrogens is 761 g/mol. The molecule has 290 valence electrons. The second-order valence-corrected chi connectivity index (χ2v) is 16.4. The molecule has 0 saturated carbocycles. The van der Waals surface area contributed by atoms with Crippen LogP contribution in [0.4, 0.5) is 34.1 Å². The monoisotopic (exact) mass is 794 g/mol. The molecule has 4 heterocycles. The van der Waals surface area contributed by atoms with Gasteiger partial charge in [0.25, 0.3) is 0 Å². The molecule has 0 atom stereocenters. The van der Waals surface area contributed by atoms with Crippen molar-refractivity contribution in [2.75, 3.05) is 9.80 Å². The van der Waals surface area contributed by atoms with E-state index < -0.39 is 0 Å². The maximum absolute atomic E-state index is 7.20. The second kappa shape index (κ2) is 12.4. The fourth-order valence-electron chi connectivity index (χ4n) is 10.4. The number of benzene rings is 10. The summed E-state index contributed by atoms with van der Waals surface area (Å²) < 4.78 is 20.7. The molecule has 14 rings (SSSR count). The Bertz CT molecular complexity index is 4040. The molecule has 1 aliphatic rings. The quantitative estimate of drug-likeness (QED) is 0.178. The van der Waals surface area contributed by atoms with Crippen LogP contribution in [0.1, 0.15) is 5.56 Å². The Morgan fingerprint density at radius 3 is 1.69 bits per heavy atom. The lowest BCUT2D eigenvalue weighted by atomic mass is 9.89. The number of nitrogens with zero attached hydrogens (tertiary/aromatic N) is 2. The average Bonchev–Trinajstić information content (AvgIpc) is 4.02. The van der Waals surface area contributed by atoms with E-state index in [0.29, 0.717) is 0 Å². The van der Waals surface area contributed by atoms with Crippen molar-refractivity contribution in [3.63, 3.8) is 0 Å². The maximum Gasteiger partial charge on any atom is 0.159 e. The zero-order valence-corrected chi connectivity index (χ0v) is 33.5. The predicted octanol–water partition coefficient (Wildman–Crippen LogP) is 16.9. The normalized spacial score (nSPS) is 12.6. The first-order chi connectivity index (χ1) is 30.7. The highest BCUT2D eigenvalue weighted by atomic mass is 16.3. The molecule has 1 aliphatic heterocycles. The third kappa shape index (κ3) is 4.46. The Morgan fingerprint density at radius 2 is 0.871 bits per heavy atom. The number of rotatable bonds is 4. The van der Waals surface area contributed by atoms with Gasteiger partial charge in [0.05, 0.1) is 28.4 Å². The Labute approximate surface area is 354 Å². The van der Waals surface area contributed by atoms with E-state index in [1.807, 2.05) is 12.1 Å². The third-order valence-corrected chi connectivity index (χ3v) is 13.1. The van der Waals surface area contributed by atoms with Crippen LogP contribution in [0.3, 0.4) is 0 Å². The molecule has 10 aromatic carbocycles. The van der Waals surface area contributed by atoms with E-state index in [9.17, 15) is 0 Å². The fourth-order valence-corrected chi connectivity index (χ4v) is 10.4. The lowest BCUT2D eigenvalue weighted by molar-refractivity contribution is 0.668. The molecule has 13 aromatic rings. The number of hydrogen-bond acceptors (Lipinski definition) is 5. The minimum absolute atomic E-state index is 0.843. The highest BCUT2D eigenvalue weighted by Crippen LogP contribution is 2.56. The maximum atomic E-state index is 7.20. The molecule has 3 aromatic heterocycles. The van der Waals surface area contributed by atoms with E-state index in [1.54, 1.807) is 0 Å². The molecule has 0 N–H and O–H groups in total. The van der Waals surface area contributed by atoms with Gasteiger partial charge in [0.1, 0.15) is 22.3 Å². The lowest BCUT2D eigenvalue weighted by Gasteiger charge is -2.33. The van der Waals surface area contributed by atoms with Crippen LogP contribution in [0.2, 0.25) is 0 Å². The molecule has 0 fully saturated rings. The first kappa shape index (κ1) is 33.5. The summed E-state index contributed by atoms with van der Waals surface area (Å²) in [6.07, 6.45) is 0. The van der Waals surface area contributed by atoms with Crippen molar-refractivity contribution in [1.29, 1.82) is 0 Å². The van der Waals surface area contributed by atoms with Gasteiger partial charge in [-0.3, -0.25) is 0 Å². The molecule has 0 radical (unpaired) electrons. The number of para-hydroxylation sites is 6. The predicted molar refractivity (Wildman–Crippen MR) is 256 cm³/mol. The zero-order chi connectivity index (χ0) is 40.6. The zero-order valence-electron chi connectivity index (χ0n) is 33.5. The van der Waals surface area contributed by atoms with Crippen LogP contribution in [0.5, 0.6) is 0 Å². The van der Waals surface area contributed by atoms with E-state index >= 15 is 0 Å². The molecule has 0 saturated heterocycles. The van der Waals surface area contributed by atoms with Gasteiger partial charge in [0.2, 0.25) is 0 Å². The smallest absolute Gasteiger partial charge is 0.159 e. The fraction of sp³-hybridized carbons (Fsp3) is 0.0175. The van der Waals surface area contributed by atoms with Gasteiger partial charge in [-0.2, -0.15) is 0 Å². The molecular formula is C57H34N2O3. The summed E-state index contributed by atoms with van der Waals surface area (Å²) in [6.45, 7) is 2.18. The van der Waals surface area contributed by atoms with E-state index in [-0.39, 0.29) is 0 Å². The molecule has 5 nitrogen and oxygen atoms in total. The van der Waals surface area contributed by atoms with Crippen molar-refractivity contribution in [2.24, 2.45) is 0 Å². The standard InChI is InChI=1S/C57H34N2O3/c1-33-15-2-8-25-45(33)58(47-27-13-22-40-36-18-6-10-29-51(36)60-56(40)47)49-31-43-44-32-50-53-38(21-12-24-42(53)55(44)62-54(43)39-20-4-3-17-35(39)49)34-16-5-9-26-46(34)59(50)48-28-14-23-41-37-19-7-11-30-52(37)61-57(41)48/h2-32H,1H3. The molecule has 5 heteroatoms. The van der Waals surface area contributed by atoms with E-state index in [4.69, 9.17) is 13.3 Å². The summed E-state index contributed by atoms with van der Waals surface area (Å²) in [5, 5.41) is 10.8. The summed E-state index contributed by atoms with van der Waals surface area (Å²) in [4.78, 5) is 4.78. The number of aryl methyl sites for hydroxylation is 1. The largest absolute Gasteiger partial charge is 0.455 e. The molecule has 0 bridgehead atoms. The van der Waals surface area contributed by atoms with Crippen LogP contribution in [0.25, 0.3) is 98.5 Å². The number of furan rings is 3. The molecule has 0 spiro atoms. The minimum Gasteiger partial charge on any atom is -0.455 e. The first-order valence-electron chi connectivity index (χ1n) is 21.1. The Balaban J connectivity index is 1.11. The highest BCUT2D eigenvalue weighted by Gasteiger charge is 2.31. The van der Waals surface area contributed by atoms with Crippen molar-refractivity contribution in [3.8, 4) is 11.1 Å². The van der Waals surface area contributed by atoms with Gasteiger partial charge in [0.15, 0.2) is 11.2 Å². The van der Waals surface area contributed by atoms with Crippen molar-refractivity contribution in [3.05, 3.63) is 194 Å². The van der Waals surface area contributed by atoms with Gasteiger partial charge in [-0.05, 0) is 66.6 Å². The Morgan fingerprint density at radius 1 is 0.339 bits per heavy atom. The topological polar surface area (TPSA) is 45.9 Å². The van der Waals surface area contributed by atoms with Gasteiger partial charge < -0.3 is 23.1 Å². The third-order valence-electron chi connectivity index (χ3n) is 13.1. The van der Waals surface area contributed by atoms with Crippen LogP contribution < -0.4 is 9.80 Å². The van der Waals surface area contributed by atoms with Crippen LogP contribution in [-0.2, 0) is 0 Å². The van der Waals surface area contributed by atoms with E-state index in [2.05, 4.69) is 193 Å². The summed E-state index contributed by atoms with van der Waals surface area (Å²) in [5.41, 5.74) is 14.9. The highest BCUT2D eigenvalue weighted by molar-refractivity contribution is 6.29. The van der Waals surface area contributed by atoms with Crippen molar-refractivity contribution < 1.29 is 13.3 Å². The average molecular weight is 795 g/mol. The minimum atomic E-state index is 0.843. The molecule has 62 heavy (non-hydrogen) atoms. The van der Waals surface area contributed by atoms with Crippen LogP contribution in [-0.4, -0.2) is 0 Å². The van der Waals surface area contributed by atoms with Gasteiger partial charge in [-0.1, -0.05) is 140 Å². The number of fused-ring (bicyclic) bond motifs is 14. The van der Waals surface area contributed by atoms with Gasteiger partial charge in [-0.15, -0.1) is 0 Å². The number of anilines is 6. The van der Waals surface area contributed by atoms with Gasteiger partial charge >= 0.3 is 0 Å². The van der Waals surface area contributed by atoms with Crippen molar-refractivity contribution in [2.45, 2.75) is 6.92 Å². The van der Waals surface area contributed by atoms with E-state index in [1.165, 1.54) is 5.56 Å². The Hall–Kier alpha value is -8.28. The van der Waals surface area contributed by atoms with Crippen LogP contribution >= 0.6 is 0 Å². The molecule has 0 amide bonds. The summed E-state index contributed by atoms with van der Waals surface area (Å²) >= 11 is 0. The van der Waals surface area contributed by atoms with E-state index in [0.717, 1.165) is 133 Å². The number of hydrogen-bond donors (Lipinski definition) is 0. The van der Waals surface area contributed by atoms with Crippen molar-refractivity contribution in [1.82, 2.24) is 0 Å². The van der Waals surface area contributed by atoms with Gasteiger partial charge in [0, 0.05) is 65.1 Å².